The van der Waals surface area contributed by atoms with Crippen molar-refractivity contribution in [1.82, 2.24) is 4.57 Å². The van der Waals surface area contributed by atoms with E-state index in [1.807, 2.05) is 12.1 Å². The van der Waals surface area contributed by atoms with Gasteiger partial charge in [-0.2, -0.15) is 5.26 Å². The highest BCUT2D eigenvalue weighted by Gasteiger charge is 2.43. The number of para-hydroxylation sites is 3. The van der Waals surface area contributed by atoms with Crippen LogP contribution in [0.2, 0.25) is 0 Å². The Hall–Kier alpha value is -5.95. The summed E-state index contributed by atoms with van der Waals surface area (Å²) in [5.74, 6) is 0. The number of hydrogen-bond acceptors (Lipinski definition) is 1. The molecule has 8 rings (SSSR count). The Labute approximate surface area is 270 Å². The molecule has 8 aromatic rings. The van der Waals surface area contributed by atoms with Crippen LogP contribution in [0.3, 0.4) is 0 Å². The van der Waals surface area contributed by atoms with Gasteiger partial charge in [0.05, 0.1) is 22.3 Å². The minimum Gasteiger partial charge on any atom is -0.307 e. The summed E-state index contributed by atoms with van der Waals surface area (Å²) in [6.45, 7) is 0. The Morgan fingerprint density at radius 3 is 1.37 bits per heavy atom. The molecule has 1 aromatic heterocycles. The lowest BCUT2D eigenvalue weighted by molar-refractivity contribution is 1.17. The van der Waals surface area contributed by atoms with E-state index in [9.17, 15) is 5.26 Å². The predicted octanol–water partition coefficient (Wildman–Crippen LogP) is 7.70. The molecule has 0 aliphatic rings. The van der Waals surface area contributed by atoms with Gasteiger partial charge in [0.25, 0.3) is 0 Å². The third-order valence-electron chi connectivity index (χ3n) is 9.20. The summed E-state index contributed by atoms with van der Waals surface area (Å²) in [7, 11) is -2.86. The second-order valence-electron chi connectivity index (χ2n) is 11.6. The van der Waals surface area contributed by atoms with Gasteiger partial charge in [-0.3, -0.25) is 0 Å². The molecule has 0 radical (unpaired) electrons. The molecule has 0 atom stereocenters. The molecule has 0 fully saturated rings. The molecule has 0 aliphatic heterocycles. The van der Waals surface area contributed by atoms with Crippen LogP contribution in [-0.4, -0.2) is 12.6 Å². The Kier molecular flexibility index (Phi) is 6.91. The molecule has 216 valence electrons. The fourth-order valence-electron chi connectivity index (χ4n) is 7.33. The van der Waals surface area contributed by atoms with Gasteiger partial charge in [-0.15, -0.1) is 0 Å². The zero-order valence-electron chi connectivity index (χ0n) is 25.2. The van der Waals surface area contributed by atoms with Crippen LogP contribution in [-0.2, 0) is 0 Å². The molecule has 0 N–H and O–H groups in total. The summed E-state index contributed by atoms with van der Waals surface area (Å²) in [4.78, 5) is 0. The molecule has 0 bridgehead atoms. The lowest BCUT2D eigenvalue weighted by atomic mass is 9.99. The van der Waals surface area contributed by atoms with Crippen LogP contribution in [0.5, 0.6) is 0 Å². The minimum absolute atomic E-state index is 0.644. The van der Waals surface area contributed by atoms with Gasteiger partial charge in [0.1, 0.15) is 6.07 Å². The van der Waals surface area contributed by atoms with Gasteiger partial charge in [0, 0.05) is 16.3 Å². The van der Waals surface area contributed by atoms with Crippen molar-refractivity contribution < 1.29 is 0 Å². The van der Waals surface area contributed by atoms with Gasteiger partial charge in [-0.05, 0) is 44.5 Å². The van der Waals surface area contributed by atoms with E-state index >= 15 is 0 Å². The normalized spacial score (nSPS) is 11.5. The molecular formula is C43H30N2Si. The van der Waals surface area contributed by atoms with E-state index in [0.717, 1.165) is 27.8 Å². The van der Waals surface area contributed by atoms with Gasteiger partial charge in [0.2, 0.25) is 0 Å². The summed E-state index contributed by atoms with van der Waals surface area (Å²) in [6.07, 6.45) is 0. The van der Waals surface area contributed by atoms with Crippen molar-refractivity contribution in [3.05, 3.63) is 188 Å². The van der Waals surface area contributed by atoms with Crippen LogP contribution in [0, 0.1) is 11.3 Å². The van der Waals surface area contributed by atoms with Crippen molar-refractivity contribution in [2.45, 2.75) is 0 Å². The number of aromatic nitrogens is 1. The average molecular weight is 603 g/mol. The number of nitrogens with zero attached hydrogens (tertiary/aromatic N) is 2. The number of hydrogen-bond donors (Lipinski definition) is 0. The van der Waals surface area contributed by atoms with Crippen molar-refractivity contribution in [3.63, 3.8) is 0 Å². The molecule has 1 heterocycles. The number of fused-ring (bicyclic) bond motifs is 3. The molecule has 7 aromatic carbocycles. The standard InChI is InChI=1S/C43H30N2Si/c44-31-32-17-16-27-39(43(32)45-40-28-13-10-24-36(40)37-25-11-14-29-41(37)45)38-26-12-15-30-42(38)46(33-18-4-1-5-19-33,34-20-6-2-7-21-34)35-22-8-3-9-23-35/h1-30H. The first-order chi connectivity index (χ1) is 22.8. The fraction of sp³-hybridized carbons (Fsp3) is 0. The zero-order chi connectivity index (χ0) is 30.9. The van der Waals surface area contributed by atoms with E-state index in [2.05, 4.69) is 180 Å². The van der Waals surface area contributed by atoms with Crippen LogP contribution < -0.4 is 20.7 Å². The highest BCUT2D eigenvalue weighted by molar-refractivity contribution is 7.20. The Bertz CT molecular complexity index is 2220. The van der Waals surface area contributed by atoms with E-state index in [4.69, 9.17) is 0 Å². The molecule has 46 heavy (non-hydrogen) atoms. The first kappa shape index (κ1) is 27.6. The summed E-state index contributed by atoms with van der Waals surface area (Å²) < 4.78 is 2.30. The summed E-state index contributed by atoms with van der Waals surface area (Å²) >= 11 is 0. The van der Waals surface area contributed by atoms with Gasteiger partial charge in [0.15, 0.2) is 8.07 Å². The second kappa shape index (κ2) is 11.5. The molecule has 0 unspecified atom stereocenters. The molecule has 0 spiro atoms. The summed E-state index contributed by atoms with van der Waals surface area (Å²) in [5, 5.41) is 18.2. The van der Waals surface area contributed by atoms with Crippen LogP contribution in [0.15, 0.2) is 182 Å². The van der Waals surface area contributed by atoms with Crippen molar-refractivity contribution in [2.24, 2.45) is 0 Å². The maximum Gasteiger partial charge on any atom is 0.180 e. The number of nitriles is 1. The summed E-state index contributed by atoms with van der Waals surface area (Å²) in [6, 6.07) is 67.6. The minimum atomic E-state index is -2.86. The van der Waals surface area contributed by atoms with Crippen molar-refractivity contribution >= 4 is 50.6 Å². The van der Waals surface area contributed by atoms with E-state index in [-0.39, 0.29) is 0 Å². The SMILES string of the molecule is N#Cc1cccc(-c2ccccc2[Si](c2ccccc2)(c2ccccc2)c2ccccc2)c1-n1c2ccccc2c2ccccc21. The quantitative estimate of drug-likeness (QED) is 0.142. The Morgan fingerprint density at radius 2 is 0.848 bits per heavy atom. The van der Waals surface area contributed by atoms with E-state index in [1.165, 1.54) is 31.5 Å². The van der Waals surface area contributed by atoms with Crippen molar-refractivity contribution in [2.75, 3.05) is 0 Å². The topological polar surface area (TPSA) is 28.7 Å². The van der Waals surface area contributed by atoms with Crippen molar-refractivity contribution in [1.29, 1.82) is 5.26 Å². The maximum atomic E-state index is 10.6. The van der Waals surface area contributed by atoms with E-state index in [1.54, 1.807) is 0 Å². The van der Waals surface area contributed by atoms with E-state index in [0.29, 0.717) is 5.56 Å². The van der Waals surface area contributed by atoms with Gasteiger partial charge >= 0.3 is 0 Å². The van der Waals surface area contributed by atoms with Crippen LogP contribution >= 0.6 is 0 Å². The van der Waals surface area contributed by atoms with Gasteiger partial charge in [-0.1, -0.05) is 164 Å². The molecule has 0 amide bonds. The monoisotopic (exact) mass is 602 g/mol. The molecule has 3 heteroatoms. The third-order valence-corrected chi connectivity index (χ3v) is 14.0. The predicted molar refractivity (Wildman–Crippen MR) is 195 cm³/mol. The van der Waals surface area contributed by atoms with Crippen LogP contribution in [0.4, 0.5) is 0 Å². The van der Waals surface area contributed by atoms with Gasteiger partial charge in [-0.25, -0.2) is 0 Å². The first-order valence-corrected chi connectivity index (χ1v) is 17.6. The van der Waals surface area contributed by atoms with Crippen LogP contribution in [0.1, 0.15) is 5.56 Å². The molecular weight excluding hydrogens is 573 g/mol. The largest absolute Gasteiger partial charge is 0.307 e. The fourth-order valence-corrected chi connectivity index (χ4v) is 12.3. The Balaban J connectivity index is 1.53. The first-order valence-electron chi connectivity index (χ1n) is 15.6. The number of benzene rings is 7. The van der Waals surface area contributed by atoms with Crippen molar-refractivity contribution in [3.8, 4) is 22.9 Å². The molecule has 0 saturated heterocycles. The van der Waals surface area contributed by atoms with E-state index < -0.39 is 8.07 Å². The highest BCUT2D eigenvalue weighted by Crippen LogP contribution is 2.37. The highest BCUT2D eigenvalue weighted by atomic mass is 28.3. The summed E-state index contributed by atoms with van der Waals surface area (Å²) in [5.41, 5.74) is 5.91. The zero-order valence-corrected chi connectivity index (χ0v) is 26.2. The average Bonchev–Trinajstić information content (AvgIpc) is 3.47. The smallest absolute Gasteiger partial charge is 0.180 e. The molecule has 0 aliphatic carbocycles. The Morgan fingerprint density at radius 1 is 0.413 bits per heavy atom. The molecule has 0 saturated carbocycles. The second-order valence-corrected chi connectivity index (χ2v) is 15.3. The van der Waals surface area contributed by atoms with Crippen LogP contribution in [0.25, 0.3) is 38.6 Å². The maximum absolute atomic E-state index is 10.6. The lowest BCUT2D eigenvalue weighted by Crippen LogP contribution is -2.75. The number of rotatable bonds is 6. The lowest BCUT2D eigenvalue weighted by Gasteiger charge is -2.36. The van der Waals surface area contributed by atoms with Gasteiger partial charge < -0.3 is 4.57 Å². The molecule has 2 nitrogen and oxygen atoms in total. The third kappa shape index (κ3) is 4.23.